The van der Waals surface area contributed by atoms with Gasteiger partial charge >= 0.3 is 0 Å². The maximum atomic E-state index is 12.5. The van der Waals surface area contributed by atoms with Crippen molar-refractivity contribution in [3.8, 4) is 11.6 Å². The van der Waals surface area contributed by atoms with Crippen molar-refractivity contribution in [2.24, 2.45) is 0 Å². The van der Waals surface area contributed by atoms with E-state index in [9.17, 15) is 8.42 Å². The Morgan fingerprint density at radius 2 is 1.81 bits per heavy atom. The lowest BCUT2D eigenvalue weighted by Crippen LogP contribution is -2.39. The van der Waals surface area contributed by atoms with Gasteiger partial charge in [0.05, 0.1) is 11.5 Å². The van der Waals surface area contributed by atoms with Gasteiger partial charge in [-0.1, -0.05) is 6.07 Å². The van der Waals surface area contributed by atoms with E-state index in [1.165, 1.54) is 0 Å². The van der Waals surface area contributed by atoms with Gasteiger partial charge < -0.3 is 9.47 Å². The largest absolute Gasteiger partial charge is 0.494 e. The maximum Gasteiger partial charge on any atom is 0.240 e. The number of aromatic nitrogens is 1. The van der Waals surface area contributed by atoms with Gasteiger partial charge in [0.2, 0.25) is 15.9 Å². The van der Waals surface area contributed by atoms with Gasteiger partial charge in [0.1, 0.15) is 11.9 Å². The molecule has 0 bridgehead atoms. The highest BCUT2D eigenvalue weighted by Crippen LogP contribution is 2.24. The Bertz CT molecular complexity index is 786. The van der Waals surface area contributed by atoms with E-state index in [2.05, 4.69) is 9.71 Å². The molecule has 0 amide bonds. The Labute approximate surface area is 154 Å². The minimum absolute atomic E-state index is 0.0739. The summed E-state index contributed by atoms with van der Waals surface area (Å²) in [7, 11) is -3.53. The van der Waals surface area contributed by atoms with Gasteiger partial charge in [-0.15, -0.1) is 0 Å². The van der Waals surface area contributed by atoms with Crippen LogP contribution in [-0.4, -0.2) is 32.2 Å². The predicted molar refractivity (Wildman–Crippen MR) is 98.8 cm³/mol. The van der Waals surface area contributed by atoms with Crippen LogP contribution < -0.4 is 14.2 Å². The summed E-state index contributed by atoms with van der Waals surface area (Å²) in [6.45, 7) is 2.44. The van der Waals surface area contributed by atoms with Crippen LogP contribution in [0.2, 0.25) is 0 Å². The van der Waals surface area contributed by atoms with E-state index in [0.717, 1.165) is 25.7 Å². The van der Waals surface area contributed by atoms with Gasteiger partial charge in [-0.3, -0.25) is 0 Å². The van der Waals surface area contributed by atoms with E-state index < -0.39 is 10.0 Å². The molecule has 1 aliphatic rings. The van der Waals surface area contributed by atoms with E-state index in [-0.39, 0.29) is 17.0 Å². The summed E-state index contributed by atoms with van der Waals surface area (Å²) in [4.78, 5) is 4.42. The highest BCUT2D eigenvalue weighted by molar-refractivity contribution is 7.89. The summed E-state index contributed by atoms with van der Waals surface area (Å²) in [5.74, 6) is 1.28. The second-order valence-electron chi connectivity index (χ2n) is 6.29. The zero-order valence-corrected chi connectivity index (χ0v) is 15.6. The van der Waals surface area contributed by atoms with E-state index in [1.54, 1.807) is 30.5 Å². The molecule has 1 aromatic carbocycles. The van der Waals surface area contributed by atoms with Crippen molar-refractivity contribution < 1.29 is 17.9 Å². The number of hydrogen-bond acceptors (Lipinski definition) is 5. The zero-order valence-electron chi connectivity index (χ0n) is 14.8. The molecule has 0 unspecified atom stereocenters. The Morgan fingerprint density at radius 1 is 1.08 bits per heavy atom. The molecule has 26 heavy (non-hydrogen) atoms. The molecule has 1 N–H and O–H groups in total. The number of ether oxygens (including phenoxy) is 2. The molecule has 1 aliphatic carbocycles. The second-order valence-corrected chi connectivity index (χ2v) is 8.00. The van der Waals surface area contributed by atoms with Crippen molar-refractivity contribution in [3.05, 3.63) is 48.7 Å². The maximum absolute atomic E-state index is 12.5. The molecule has 0 saturated heterocycles. The summed E-state index contributed by atoms with van der Waals surface area (Å²) < 4.78 is 39.1. The van der Waals surface area contributed by atoms with Crippen LogP contribution in [-0.2, 0) is 10.0 Å². The molecule has 7 heteroatoms. The number of benzene rings is 1. The van der Waals surface area contributed by atoms with E-state index >= 15 is 0 Å². The van der Waals surface area contributed by atoms with Crippen LogP contribution >= 0.6 is 0 Å². The molecule has 0 aliphatic heterocycles. The molecule has 1 aromatic heterocycles. The predicted octanol–water partition coefficient (Wildman–Crippen LogP) is 3.15. The highest BCUT2D eigenvalue weighted by Gasteiger charge is 2.26. The monoisotopic (exact) mass is 376 g/mol. The quantitative estimate of drug-likeness (QED) is 0.803. The van der Waals surface area contributed by atoms with Crippen LogP contribution in [0.25, 0.3) is 0 Å². The third-order valence-corrected chi connectivity index (χ3v) is 5.90. The number of rotatable bonds is 7. The minimum atomic E-state index is -3.53. The van der Waals surface area contributed by atoms with Crippen molar-refractivity contribution >= 4 is 10.0 Å². The lowest BCUT2D eigenvalue weighted by Gasteiger charge is -2.29. The van der Waals surface area contributed by atoms with E-state index in [1.807, 2.05) is 25.1 Å². The smallest absolute Gasteiger partial charge is 0.240 e. The minimum Gasteiger partial charge on any atom is -0.494 e. The second kappa shape index (κ2) is 8.51. The summed E-state index contributed by atoms with van der Waals surface area (Å²) in [6.07, 6.45) is 4.86. The van der Waals surface area contributed by atoms with E-state index in [4.69, 9.17) is 9.47 Å². The number of nitrogens with one attached hydrogen (secondary N) is 1. The highest BCUT2D eigenvalue weighted by atomic mass is 32.2. The molecular weight excluding hydrogens is 352 g/mol. The van der Waals surface area contributed by atoms with Crippen LogP contribution in [0.4, 0.5) is 0 Å². The normalized spacial score (nSPS) is 20.5. The molecule has 1 saturated carbocycles. The van der Waals surface area contributed by atoms with Crippen molar-refractivity contribution in [2.75, 3.05) is 6.61 Å². The number of sulfonamides is 1. The molecule has 1 fully saturated rings. The summed E-state index contributed by atoms with van der Waals surface area (Å²) in [6, 6.07) is 12.0. The third-order valence-electron chi connectivity index (χ3n) is 4.37. The van der Waals surface area contributed by atoms with Gasteiger partial charge in [0, 0.05) is 18.3 Å². The van der Waals surface area contributed by atoms with Crippen molar-refractivity contribution in [1.29, 1.82) is 0 Å². The summed E-state index contributed by atoms with van der Waals surface area (Å²) >= 11 is 0. The van der Waals surface area contributed by atoms with Crippen molar-refractivity contribution in [2.45, 2.75) is 49.6 Å². The molecule has 0 spiro atoms. The number of hydrogen-bond donors (Lipinski definition) is 1. The van der Waals surface area contributed by atoms with Crippen LogP contribution in [0, 0.1) is 0 Å². The van der Waals surface area contributed by atoms with Crippen LogP contribution in [0.1, 0.15) is 32.6 Å². The number of pyridine rings is 1. The lowest BCUT2D eigenvalue weighted by atomic mass is 9.94. The molecule has 0 atom stereocenters. The van der Waals surface area contributed by atoms with Gasteiger partial charge in [-0.05, 0) is 62.9 Å². The molecular formula is C19H24N2O4S. The average Bonchev–Trinajstić information content (AvgIpc) is 2.65. The first-order chi connectivity index (χ1) is 12.6. The fourth-order valence-electron chi connectivity index (χ4n) is 3.06. The molecule has 140 valence electrons. The van der Waals surface area contributed by atoms with E-state index in [0.29, 0.717) is 18.2 Å². The third kappa shape index (κ3) is 4.95. The molecule has 3 rings (SSSR count). The zero-order chi connectivity index (χ0) is 18.4. The first-order valence-electron chi connectivity index (χ1n) is 8.89. The fourth-order valence-corrected chi connectivity index (χ4v) is 4.36. The van der Waals surface area contributed by atoms with Crippen molar-refractivity contribution in [1.82, 2.24) is 9.71 Å². The fraction of sp³-hybridized carbons (Fsp3) is 0.421. The average molecular weight is 376 g/mol. The molecule has 2 aromatic rings. The van der Waals surface area contributed by atoms with Gasteiger partial charge in [-0.2, -0.15) is 0 Å². The number of nitrogens with zero attached hydrogens (tertiary/aromatic N) is 1. The standard InChI is InChI=1S/C19H24N2O4S/c1-2-24-16-10-12-18(13-11-16)26(22,23)21-15-6-8-17(9-7-15)25-19-5-3-4-14-20-19/h3-5,10-15,17,21H,2,6-9H2,1H3. The first-order valence-corrected chi connectivity index (χ1v) is 10.4. The Balaban J connectivity index is 1.53. The Kier molecular flexibility index (Phi) is 6.11. The summed E-state index contributed by atoms with van der Waals surface area (Å²) in [5.41, 5.74) is 0. The first kappa shape index (κ1) is 18.7. The van der Waals surface area contributed by atoms with Gasteiger partial charge in [0.15, 0.2) is 0 Å². The van der Waals surface area contributed by atoms with Crippen LogP contribution in [0.3, 0.4) is 0 Å². The molecule has 0 radical (unpaired) electrons. The molecule has 6 nitrogen and oxygen atoms in total. The van der Waals surface area contributed by atoms with Crippen molar-refractivity contribution in [3.63, 3.8) is 0 Å². The van der Waals surface area contributed by atoms with Gasteiger partial charge in [0.25, 0.3) is 0 Å². The SMILES string of the molecule is CCOc1ccc(S(=O)(=O)NC2CCC(Oc3ccccn3)CC2)cc1. The Hall–Kier alpha value is -2.12. The topological polar surface area (TPSA) is 77.5 Å². The Morgan fingerprint density at radius 3 is 2.42 bits per heavy atom. The van der Waals surface area contributed by atoms with Gasteiger partial charge in [-0.25, -0.2) is 18.1 Å². The van der Waals surface area contributed by atoms with Crippen LogP contribution in [0.5, 0.6) is 11.6 Å². The lowest BCUT2D eigenvalue weighted by molar-refractivity contribution is 0.138. The summed E-state index contributed by atoms with van der Waals surface area (Å²) in [5, 5.41) is 0. The molecule has 1 heterocycles. The van der Waals surface area contributed by atoms with Crippen LogP contribution in [0.15, 0.2) is 53.6 Å².